The molecule has 1 aromatic carbocycles. The summed E-state index contributed by atoms with van der Waals surface area (Å²) >= 11 is 0. The maximum Gasteiger partial charge on any atom is 0.260 e. The molecule has 1 amide bonds. The van der Waals surface area contributed by atoms with Gasteiger partial charge >= 0.3 is 0 Å². The van der Waals surface area contributed by atoms with Crippen molar-refractivity contribution in [1.82, 2.24) is 10.2 Å². The Kier molecular flexibility index (Phi) is 5.77. The molecule has 1 aromatic rings. The minimum absolute atomic E-state index is 0.0243. The zero-order valence-electron chi connectivity index (χ0n) is 17.9. The van der Waals surface area contributed by atoms with E-state index in [1.807, 2.05) is 49.4 Å². The van der Waals surface area contributed by atoms with Crippen molar-refractivity contribution in [1.29, 1.82) is 5.41 Å². The summed E-state index contributed by atoms with van der Waals surface area (Å²) < 4.78 is 11.6. The molecule has 4 rings (SSSR count). The Balaban J connectivity index is 1.62. The lowest BCUT2D eigenvalue weighted by molar-refractivity contribution is -0.0101. The third-order valence-electron chi connectivity index (χ3n) is 6.18. The summed E-state index contributed by atoms with van der Waals surface area (Å²) in [7, 11) is 1.83. The van der Waals surface area contributed by atoms with Crippen molar-refractivity contribution in [2.24, 2.45) is 0 Å². The predicted octanol–water partition coefficient (Wildman–Crippen LogP) is 3.44. The Labute approximate surface area is 177 Å². The van der Waals surface area contributed by atoms with Crippen molar-refractivity contribution >= 4 is 11.6 Å². The first-order valence-corrected chi connectivity index (χ1v) is 10.5. The van der Waals surface area contributed by atoms with E-state index in [1.165, 1.54) is 0 Å². The Bertz CT molecular complexity index is 968. The first-order valence-electron chi connectivity index (χ1n) is 10.5. The Morgan fingerprint density at radius 1 is 1.30 bits per heavy atom. The Morgan fingerprint density at radius 3 is 2.83 bits per heavy atom. The van der Waals surface area contributed by atoms with Crippen LogP contribution in [0.2, 0.25) is 0 Å². The standard InChI is InChI=1S/C24H29N3O3/c1-15-16(2)23-21(24(28)27(14-30-23)20-5-4-8-29-13-20)11-19(15)9-17-6-7-18(12-26-3)22(25)10-17/h6-7,10-12,20,25-26H,4-5,8-9,13-14H2,1-3H3/b18-12-,25-22?. The van der Waals surface area contributed by atoms with Gasteiger partial charge in [0.05, 0.1) is 23.9 Å². The van der Waals surface area contributed by atoms with Crippen molar-refractivity contribution in [3.8, 4) is 5.75 Å². The average molecular weight is 408 g/mol. The molecule has 1 atom stereocenters. The number of fused-ring (bicyclic) bond motifs is 1. The molecule has 6 heteroatoms. The number of hydrogen-bond acceptors (Lipinski definition) is 5. The molecule has 0 radical (unpaired) electrons. The minimum atomic E-state index is 0.0243. The molecule has 0 spiro atoms. The SMILES string of the molecule is CN/C=C1/C=CC(Cc2cc3c(c(C)c2C)OCN(C2CCCOC2)C3=O)=CC1=N. The molecule has 1 saturated heterocycles. The first kappa shape index (κ1) is 20.4. The maximum absolute atomic E-state index is 13.3. The van der Waals surface area contributed by atoms with Gasteiger partial charge in [-0.1, -0.05) is 12.2 Å². The number of allylic oxidation sites excluding steroid dienone is 5. The van der Waals surface area contributed by atoms with Crippen LogP contribution in [0.4, 0.5) is 0 Å². The average Bonchev–Trinajstić information content (AvgIpc) is 2.75. The highest BCUT2D eigenvalue weighted by Crippen LogP contribution is 2.35. The van der Waals surface area contributed by atoms with Crippen molar-refractivity contribution in [3.05, 3.63) is 63.9 Å². The van der Waals surface area contributed by atoms with E-state index in [2.05, 4.69) is 12.2 Å². The largest absolute Gasteiger partial charge is 0.472 e. The lowest BCUT2D eigenvalue weighted by Gasteiger charge is -2.37. The third kappa shape index (κ3) is 3.79. The molecule has 1 fully saturated rings. The summed E-state index contributed by atoms with van der Waals surface area (Å²) in [5.41, 5.74) is 6.27. The highest BCUT2D eigenvalue weighted by molar-refractivity contribution is 6.10. The molecule has 0 aromatic heterocycles. The van der Waals surface area contributed by atoms with Gasteiger partial charge in [-0.05, 0) is 67.5 Å². The molecule has 30 heavy (non-hydrogen) atoms. The lowest BCUT2D eigenvalue weighted by atomic mass is 9.90. The number of carbonyl (C=O) groups is 1. The summed E-state index contributed by atoms with van der Waals surface area (Å²) in [6, 6.07) is 2.05. The van der Waals surface area contributed by atoms with E-state index >= 15 is 0 Å². The van der Waals surface area contributed by atoms with E-state index in [0.29, 0.717) is 30.1 Å². The van der Waals surface area contributed by atoms with Crippen LogP contribution in [0.3, 0.4) is 0 Å². The molecule has 158 valence electrons. The molecule has 0 saturated carbocycles. The van der Waals surface area contributed by atoms with Crippen LogP contribution in [0, 0.1) is 19.3 Å². The van der Waals surface area contributed by atoms with Crippen LogP contribution in [0.25, 0.3) is 0 Å². The smallest absolute Gasteiger partial charge is 0.260 e. The van der Waals surface area contributed by atoms with Crippen molar-refractivity contribution in [2.75, 3.05) is 27.0 Å². The number of ether oxygens (including phenoxy) is 2. The minimum Gasteiger partial charge on any atom is -0.472 e. The fraction of sp³-hybridized carbons (Fsp3) is 0.417. The molecule has 1 unspecified atom stereocenters. The fourth-order valence-electron chi connectivity index (χ4n) is 4.29. The second-order valence-corrected chi connectivity index (χ2v) is 8.11. The van der Waals surface area contributed by atoms with Gasteiger partial charge in [0.1, 0.15) is 5.75 Å². The predicted molar refractivity (Wildman–Crippen MR) is 117 cm³/mol. The normalized spacial score (nSPS) is 22.6. The van der Waals surface area contributed by atoms with E-state index in [-0.39, 0.29) is 18.7 Å². The van der Waals surface area contributed by atoms with Crippen LogP contribution >= 0.6 is 0 Å². The fourth-order valence-corrected chi connectivity index (χ4v) is 4.29. The van der Waals surface area contributed by atoms with Crippen LogP contribution in [0.5, 0.6) is 5.75 Å². The van der Waals surface area contributed by atoms with Gasteiger partial charge in [0.25, 0.3) is 5.91 Å². The van der Waals surface area contributed by atoms with E-state index in [9.17, 15) is 4.79 Å². The number of nitrogens with one attached hydrogen (secondary N) is 2. The quantitative estimate of drug-likeness (QED) is 0.802. The Morgan fingerprint density at radius 2 is 2.13 bits per heavy atom. The number of amides is 1. The highest BCUT2D eigenvalue weighted by Gasteiger charge is 2.34. The van der Waals surface area contributed by atoms with Gasteiger partial charge in [-0.2, -0.15) is 0 Å². The second-order valence-electron chi connectivity index (χ2n) is 8.11. The van der Waals surface area contributed by atoms with Gasteiger partial charge in [0.15, 0.2) is 6.73 Å². The van der Waals surface area contributed by atoms with Crippen LogP contribution in [-0.2, 0) is 11.2 Å². The molecule has 1 aliphatic carbocycles. The van der Waals surface area contributed by atoms with E-state index in [4.69, 9.17) is 14.9 Å². The van der Waals surface area contributed by atoms with Crippen LogP contribution in [0.15, 0.2) is 41.6 Å². The van der Waals surface area contributed by atoms with Crippen molar-refractivity contribution in [3.63, 3.8) is 0 Å². The van der Waals surface area contributed by atoms with Gasteiger partial charge < -0.3 is 20.2 Å². The summed E-state index contributed by atoms with van der Waals surface area (Å²) in [5, 5.41) is 11.2. The highest BCUT2D eigenvalue weighted by atomic mass is 16.5. The molecule has 0 bridgehead atoms. The van der Waals surface area contributed by atoms with Crippen LogP contribution in [0.1, 0.15) is 39.9 Å². The molecular weight excluding hydrogens is 378 g/mol. The molecule has 2 aliphatic heterocycles. The van der Waals surface area contributed by atoms with E-state index < -0.39 is 0 Å². The van der Waals surface area contributed by atoms with Gasteiger partial charge in [-0.15, -0.1) is 0 Å². The monoisotopic (exact) mass is 407 g/mol. The van der Waals surface area contributed by atoms with Gasteiger partial charge in [-0.3, -0.25) is 9.69 Å². The number of hydrogen-bond donors (Lipinski definition) is 2. The summed E-state index contributed by atoms with van der Waals surface area (Å²) in [4.78, 5) is 15.1. The van der Waals surface area contributed by atoms with E-state index in [0.717, 1.165) is 47.3 Å². The lowest BCUT2D eigenvalue weighted by Crippen LogP contribution is -2.49. The number of carbonyl (C=O) groups excluding carboxylic acids is 1. The Hall–Kier alpha value is -2.86. The van der Waals surface area contributed by atoms with Crippen molar-refractivity contribution in [2.45, 2.75) is 39.2 Å². The topological polar surface area (TPSA) is 74.7 Å². The molecular formula is C24H29N3O3. The van der Waals surface area contributed by atoms with Crippen LogP contribution < -0.4 is 10.1 Å². The third-order valence-corrected chi connectivity index (χ3v) is 6.18. The molecule has 6 nitrogen and oxygen atoms in total. The van der Waals surface area contributed by atoms with Crippen LogP contribution in [-0.4, -0.2) is 49.6 Å². The number of rotatable bonds is 4. The molecule has 2 heterocycles. The maximum atomic E-state index is 13.3. The summed E-state index contributed by atoms with van der Waals surface area (Å²) in [6.45, 7) is 5.72. The molecule has 3 aliphatic rings. The number of nitrogens with zero attached hydrogens (tertiary/aromatic N) is 1. The zero-order chi connectivity index (χ0) is 21.3. The molecule has 2 N–H and O–H groups in total. The number of benzene rings is 1. The van der Waals surface area contributed by atoms with Gasteiger partial charge in [-0.25, -0.2) is 0 Å². The van der Waals surface area contributed by atoms with Gasteiger partial charge in [0.2, 0.25) is 0 Å². The zero-order valence-corrected chi connectivity index (χ0v) is 17.9. The first-order chi connectivity index (χ1) is 14.5. The summed E-state index contributed by atoms with van der Waals surface area (Å²) in [6.07, 6.45) is 10.3. The van der Waals surface area contributed by atoms with Crippen molar-refractivity contribution < 1.29 is 14.3 Å². The van der Waals surface area contributed by atoms with Gasteiger partial charge in [0, 0.05) is 25.4 Å². The second kappa shape index (κ2) is 8.48. The summed E-state index contributed by atoms with van der Waals surface area (Å²) in [5.74, 6) is 0.727. The van der Waals surface area contributed by atoms with E-state index in [1.54, 1.807) is 0 Å².